The third kappa shape index (κ3) is 2.16. The average Bonchev–Trinajstić information content (AvgIpc) is 2.90. The number of nitrogens with two attached hydrogens (primary N) is 1. The van der Waals surface area contributed by atoms with Crippen LogP contribution in [-0.2, 0) is 14.4 Å². The Labute approximate surface area is 115 Å². The lowest BCUT2D eigenvalue weighted by Crippen LogP contribution is -2.39. The number of nitrogens with zero attached hydrogens (tertiary/aromatic N) is 5. The van der Waals surface area contributed by atoms with Gasteiger partial charge in [-0.2, -0.15) is 10.1 Å². The molecule has 0 aromatic carbocycles. The minimum atomic E-state index is -1.86. The first-order valence-corrected chi connectivity index (χ1v) is 5.51. The lowest BCUT2D eigenvalue weighted by atomic mass is 10.1. The van der Waals surface area contributed by atoms with Gasteiger partial charge in [-0.05, 0) is 0 Å². The van der Waals surface area contributed by atoms with Crippen molar-refractivity contribution in [2.24, 2.45) is 11.7 Å². The molecule has 106 valence electrons. The molecular weight excluding hydrogens is 284 g/mol. The second-order valence-corrected chi connectivity index (χ2v) is 3.86. The molecule has 3 heterocycles. The SMILES string of the molecule is NC(=O)C1C(=O)Oc2ncc(-n3cncn3)nc2OC1=O. The van der Waals surface area contributed by atoms with Crippen molar-refractivity contribution < 1.29 is 23.9 Å². The predicted octanol–water partition coefficient (Wildman–Crippen LogP) is -2.02. The van der Waals surface area contributed by atoms with Crippen LogP contribution in [0.15, 0.2) is 18.9 Å². The van der Waals surface area contributed by atoms with Gasteiger partial charge >= 0.3 is 11.9 Å². The molecule has 11 nitrogen and oxygen atoms in total. The number of esters is 2. The Kier molecular flexibility index (Phi) is 2.79. The Balaban J connectivity index is 2.02. The fourth-order valence-corrected chi connectivity index (χ4v) is 1.56. The molecule has 3 rings (SSSR count). The van der Waals surface area contributed by atoms with Crippen LogP contribution in [0.5, 0.6) is 11.8 Å². The Morgan fingerprint density at radius 1 is 1.24 bits per heavy atom. The van der Waals surface area contributed by atoms with Crippen molar-refractivity contribution in [3.05, 3.63) is 18.9 Å². The smallest absolute Gasteiger partial charge is 0.337 e. The number of rotatable bonds is 2. The van der Waals surface area contributed by atoms with Crippen LogP contribution in [0.3, 0.4) is 0 Å². The summed E-state index contributed by atoms with van der Waals surface area (Å²) in [7, 11) is 0. The molecule has 0 fully saturated rings. The van der Waals surface area contributed by atoms with Gasteiger partial charge in [-0.3, -0.25) is 14.4 Å². The monoisotopic (exact) mass is 290 g/mol. The van der Waals surface area contributed by atoms with Gasteiger partial charge in [-0.1, -0.05) is 0 Å². The maximum absolute atomic E-state index is 11.7. The highest BCUT2D eigenvalue weighted by molar-refractivity contribution is 6.15. The Morgan fingerprint density at radius 2 is 1.95 bits per heavy atom. The molecule has 2 aromatic rings. The highest BCUT2D eigenvalue weighted by Crippen LogP contribution is 2.27. The lowest BCUT2D eigenvalue weighted by molar-refractivity contribution is -0.153. The van der Waals surface area contributed by atoms with Gasteiger partial charge in [0.2, 0.25) is 11.8 Å². The van der Waals surface area contributed by atoms with E-state index in [1.54, 1.807) is 0 Å². The number of hydrogen-bond acceptors (Lipinski definition) is 9. The topological polar surface area (TPSA) is 152 Å². The molecule has 1 atom stereocenters. The van der Waals surface area contributed by atoms with Crippen molar-refractivity contribution in [3.63, 3.8) is 0 Å². The molecule has 2 aromatic heterocycles. The van der Waals surface area contributed by atoms with E-state index in [1.165, 1.54) is 23.5 Å². The second kappa shape index (κ2) is 4.63. The number of amides is 1. The van der Waals surface area contributed by atoms with Gasteiger partial charge in [-0.15, -0.1) is 0 Å². The molecule has 1 aliphatic heterocycles. The number of ether oxygens (including phenoxy) is 2. The van der Waals surface area contributed by atoms with Gasteiger partial charge < -0.3 is 15.2 Å². The van der Waals surface area contributed by atoms with Crippen LogP contribution in [0.2, 0.25) is 0 Å². The maximum Gasteiger partial charge on any atom is 0.337 e. The van der Waals surface area contributed by atoms with E-state index in [4.69, 9.17) is 15.2 Å². The number of aromatic nitrogens is 5. The average molecular weight is 290 g/mol. The number of carbonyl (C=O) groups is 3. The number of carbonyl (C=O) groups excluding carboxylic acids is 3. The molecule has 1 aliphatic rings. The summed E-state index contributed by atoms with van der Waals surface area (Å²) in [6.45, 7) is 0. The van der Waals surface area contributed by atoms with Crippen molar-refractivity contribution in [2.45, 2.75) is 0 Å². The first-order valence-electron chi connectivity index (χ1n) is 5.51. The fraction of sp³-hybridized carbons (Fsp3) is 0.100. The summed E-state index contributed by atoms with van der Waals surface area (Å²) in [5.41, 5.74) is 4.96. The fourth-order valence-electron chi connectivity index (χ4n) is 1.56. The second-order valence-electron chi connectivity index (χ2n) is 3.86. The first-order chi connectivity index (χ1) is 10.1. The molecule has 1 amide bonds. The van der Waals surface area contributed by atoms with Crippen molar-refractivity contribution >= 4 is 17.8 Å². The van der Waals surface area contributed by atoms with Crippen LogP contribution in [-0.4, -0.2) is 42.6 Å². The zero-order valence-electron chi connectivity index (χ0n) is 10.2. The minimum absolute atomic E-state index is 0.174. The molecule has 0 spiro atoms. The highest BCUT2D eigenvalue weighted by Gasteiger charge is 2.40. The standard InChI is InChI=1S/C10H6N6O5/c11-6(17)5-9(18)20-7-8(21-10(5)19)15-4(1-13-7)16-3-12-2-14-16/h1-3,5H,(H2,11,17). The minimum Gasteiger partial charge on any atom is -0.401 e. The summed E-state index contributed by atoms with van der Waals surface area (Å²) in [5.74, 6) is -5.95. The largest absolute Gasteiger partial charge is 0.401 e. The molecule has 0 saturated heterocycles. The van der Waals surface area contributed by atoms with Crippen LogP contribution in [0.1, 0.15) is 0 Å². The summed E-state index contributed by atoms with van der Waals surface area (Å²) in [6, 6.07) is 0. The Bertz CT molecular complexity index is 742. The number of primary amides is 1. The van der Waals surface area contributed by atoms with Crippen LogP contribution in [0.4, 0.5) is 0 Å². The van der Waals surface area contributed by atoms with Crippen molar-refractivity contribution in [1.29, 1.82) is 0 Å². The Morgan fingerprint density at radius 3 is 2.57 bits per heavy atom. The van der Waals surface area contributed by atoms with Gasteiger partial charge in [0, 0.05) is 0 Å². The molecule has 0 aliphatic carbocycles. The van der Waals surface area contributed by atoms with Crippen LogP contribution in [0, 0.1) is 5.92 Å². The molecule has 21 heavy (non-hydrogen) atoms. The molecule has 0 radical (unpaired) electrons. The van der Waals surface area contributed by atoms with Gasteiger partial charge in [0.1, 0.15) is 12.7 Å². The maximum atomic E-state index is 11.7. The summed E-state index contributed by atoms with van der Waals surface area (Å²) in [5, 5.41) is 3.82. The molecule has 11 heteroatoms. The van der Waals surface area contributed by atoms with E-state index in [1.807, 2.05) is 0 Å². The van der Waals surface area contributed by atoms with E-state index in [-0.39, 0.29) is 17.6 Å². The van der Waals surface area contributed by atoms with E-state index in [0.717, 1.165) is 0 Å². The first kappa shape index (κ1) is 12.7. The van der Waals surface area contributed by atoms with Crippen LogP contribution >= 0.6 is 0 Å². The zero-order chi connectivity index (χ0) is 15.0. The van der Waals surface area contributed by atoms with E-state index < -0.39 is 23.8 Å². The third-order valence-corrected chi connectivity index (χ3v) is 2.50. The van der Waals surface area contributed by atoms with Crippen LogP contribution < -0.4 is 15.2 Å². The number of hydrogen-bond donors (Lipinski definition) is 1. The van der Waals surface area contributed by atoms with E-state index >= 15 is 0 Å². The Hall–Kier alpha value is -3.37. The highest BCUT2D eigenvalue weighted by atomic mass is 16.6. The van der Waals surface area contributed by atoms with Crippen LogP contribution in [0.25, 0.3) is 5.82 Å². The molecule has 1 unspecified atom stereocenters. The number of fused-ring (bicyclic) bond motifs is 1. The van der Waals surface area contributed by atoms with Gasteiger partial charge in [0.25, 0.3) is 11.8 Å². The normalized spacial score (nSPS) is 17.4. The van der Waals surface area contributed by atoms with Gasteiger partial charge in [-0.25, -0.2) is 14.6 Å². The zero-order valence-corrected chi connectivity index (χ0v) is 10.2. The predicted molar refractivity (Wildman–Crippen MR) is 60.9 cm³/mol. The molecule has 0 saturated carbocycles. The van der Waals surface area contributed by atoms with Gasteiger partial charge in [0.15, 0.2) is 5.82 Å². The van der Waals surface area contributed by atoms with Crippen molar-refractivity contribution in [2.75, 3.05) is 0 Å². The van der Waals surface area contributed by atoms with E-state index in [9.17, 15) is 14.4 Å². The summed E-state index contributed by atoms with van der Waals surface area (Å²) in [4.78, 5) is 45.8. The lowest BCUT2D eigenvalue weighted by Gasteiger charge is -2.04. The summed E-state index contributed by atoms with van der Waals surface area (Å²) in [6.07, 6.45) is 3.83. The van der Waals surface area contributed by atoms with Gasteiger partial charge in [0.05, 0.1) is 6.20 Å². The summed E-state index contributed by atoms with van der Waals surface area (Å²) >= 11 is 0. The van der Waals surface area contributed by atoms with E-state index in [2.05, 4.69) is 20.1 Å². The quantitative estimate of drug-likeness (QED) is 0.487. The van der Waals surface area contributed by atoms with E-state index in [0.29, 0.717) is 0 Å². The summed E-state index contributed by atoms with van der Waals surface area (Å²) < 4.78 is 10.8. The van der Waals surface area contributed by atoms with Crippen molar-refractivity contribution in [1.82, 2.24) is 24.7 Å². The molecular formula is C10H6N6O5. The molecule has 0 bridgehead atoms. The molecule has 2 N–H and O–H groups in total. The van der Waals surface area contributed by atoms with Crippen molar-refractivity contribution in [3.8, 4) is 17.6 Å². The third-order valence-electron chi connectivity index (χ3n) is 2.50.